The maximum atomic E-state index is 12.3. The lowest BCUT2D eigenvalue weighted by molar-refractivity contribution is 0.0103. The lowest BCUT2D eigenvalue weighted by Crippen LogP contribution is -2.41. The van der Waals surface area contributed by atoms with Crippen molar-refractivity contribution in [3.05, 3.63) is 101 Å². The highest BCUT2D eigenvalue weighted by molar-refractivity contribution is 5.93. The summed E-state index contributed by atoms with van der Waals surface area (Å²) in [5.41, 5.74) is 4.06. The van der Waals surface area contributed by atoms with E-state index in [0.29, 0.717) is 24.6 Å². The summed E-state index contributed by atoms with van der Waals surface area (Å²) >= 11 is 0. The molecule has 0 bridgehead atoms. The Balaban J connectivity index is 0.00000272. The number of piperidine rings is 1. The van der Waals surface area contributed by atoms with Crippen LogP contribution in [0.2, 0.25) is 0 Å². The van der Waals surface area contributed by atoms with Crippen molar-refractivity contribution < 1.29 is 9.53 Å². The molecule has 162 valence electrons. The molecule has 5 nitrogen and oxygen atoms in total. The van der Waals surface area contributed by atoms with Crippen molar-refractivity contribution >= 4 is 18.3 Å². The summed E-state index contributed by atoms with van der Waals surface area (Å²) < 4.78 is 6.38. The van der Waals surface area contributed by atoms with Crippen LogP contribution >= 0.6 is 12.4 Å². The molecule has 2 atom stereocenters. The van der Waals surface area contributed by atoms with Crippen LogP contribution in [0.15, 0.2) is 79.1 Å². The fourth-order valence-corrected chi connectivity index (χ4v) is 3.93. The van der Waals surface area contributed by atoms with Crippen LogP contribution in [0.25, 0.3) is 0 Å². The first kappa shape index (κ1) is 22.9. The minimum absolute atomic E-state index is 0. The first-order valence-corrected chi connectivity index (χ1v) is 10.4. The number of hydrogen-bond donors (Lipinski definition) is 2. The molecule has 6 heteroatoms. The van der Waals surface area contributed by atoms with Gasteiger partial charge < -0.3 is 15.4 Å². The zero-order valence-corrected chi connectivity index (χ0v) is 18.2. The number of carbonyl (C=O) groups is 1. The van der Waals surface area contributed by atoms with E-state index in [-0.39, 0.29) is 24.4 Å². The summed E-state index contributed by atoms with van der Waals surface area (Å²) in [6, 6.07) is 22.2. The van der Waals surface area contributed by atoms with Crippen LogP contribution in [-0.2, 0) is 17.9 Å². The van der Waals surface area contributed by atoms with E-state index in [2.05, 4.69) is 52.0 Å². The maximum absolute atomic E-state index is 12.3. The highest BCUT2D eigenvalue weighted by Crippen LogP contribution is 2.28. The van der Waals surface area contributed by atoms with Crippen LogP contribution in [0.1, 0.15) is 39.4 Å². The monoisotopic (exact) mass is 437 g/mol. The number of rotatable bonds is 7. The second kappa shape index (κ2) is 11.6. The number of nitrogens with zero attached hydrogens (tertiary/aromatic N) is 1. The van der Waals surface area contributed by atoms with Gasteiger partial charge in [-0.1, -0.05) is 54.6 Å². The Morgan fingerprint density at radius 3 is 2.58 bits per heavy atom. The number of benzene rings is 2. The zero-order valence-electron chi connectivity index (χ0n) is 17.4. The van der Waals surface area contributed by atoms with Gasteiger partial charge in [-0.25, -0.2) is 0 Å². The van der Waals surface area contributed by atoms with Crippen molar-refractivity contribution in [1.29, 1.82) is 0 Å². The SMILES string of the molecule is Cl.O=C(NCc1ccccc1COC1CNCCC1c1ccccc1)c1cccnc1. The van der Waals surface area contributed by atoms with E-state index in [1.54, 1.807) is 24.5 Å². The second-order valence-corrected chi connectivity index (χ2v) is 7.55. The van der Waals surface area contributed by atoms with Crippen molar-refractivity contribution in [1.82, 2.24) is 15.6 Å². The quantitative estimate of drug-likeness (QED) is 0.584. The largest absolute Gasteiger partial charge is 0.372 e. The van der Waals surface area contributed by atoms with Gasteiger partial charge in [-0.3, -0.25) is 9.78 Å². The van der Waals surface area contributed by atoms with E-state index in [1.807, 2.05) is 18.2 Å². The topological polar surface area (TPSA) is 63.2 Å². The molecule has 1 aliphatic rings. The number of carbonyl (C=O) groups excluding carboxylic acids is 1. The van der Waals surface area contributed by atoms with Gasteiger partial charge in [0, 0.05) is 31.4 Å². The molecule has 2 aromatic carbocycles. The van der Waals surface area contributed by atoms with Gasteiger partial charge in [0.2, 0.25) is 0 Å². The minimum atomic E-state index is -0.126. The molecule has 2 N–H and O–H groups in total. The first-order valence-electron chi connectivity index (χ1n) is 10.4. The maximum Gasteiger partial charge on any atom is 0.253 e. The van der Waals surface area contributed by atoms with Gasteiger partial charge in [-0.05, 0) is 41.8 Å². The van der Waals surface area contributed by atoms with Crippen LogP contribution in [0.5, 0.6) is 0 Å². The van der Waals surface area contributed by atoms with E-state index < -0.39 is 0 Å². The van der Waals surface area contributed by atoms with Gasteiger partial charge in [-0.15, -0.1) is 12.4 Å². The fourth-order valence-electron chi connectivity index (χ4n) is 3.93. The standard InChI is InChI=1S/C25H27N3O2.ClH/c29-25(21-11-6-13-26-15-21)28-16-20-9-4-5-10-22(20)18-30-24-17-27-14-12-23(24)19-7-2-1-3-8-19;/h1-11,13,15,23-24,27H,12,14,16-18H2,(H,28,29);1H. The molecule has 1 amide bonds. The fraction of sp³-hybridized carbons (Fsp3) is 0.280. The van der Waals surface area contributed by atoms with Crippen molar-refractivity contribution in [2.75, 3.05) is 13.1 Å². The zero-order chi connectivity index (χ0) is 20.6. The average molecular weight is 438 g/mol. The van der Waals surface area contributed by atoms with E-state index in [9.17, 15) is 4.79 Å². The van der Waals surface area contributed by atoms with Crippen LogP contribution in [0.4, 0.5) is 0 Å². The Bertz CT molecular complexity index is 953. The van der Waals surface area contributed by atoms with E-state index in [1.165, 1.54) is 5.56 Å². The Morgan fingerprint density at radius 2 is 1.81 bits per heavy atom. The highest BCUT2D eigenvalue weighted by Gasteiger charge is 2.27. The third-order valence-electron chi connectivity index (χ3n) is 5.59. The van der Waals surface area contributed by atoms with Gasteiger partial charge in [-0.2, -0.15) is 0 Å². The smallest absolute Gasteiger partial charge is 0.253 e. The molecule has 2 heterocycles. The average Bonchev–Trinajstić information content (AvgIpc) is 2.83. The second-order valence-electron chi connectivity index (χ2n) is 7.55. The summed E-state index contributed by atoms with van der Waals surface area (Å²) in [5.74, 6) is 0.268. The van der Waals surface area contributed by atoms with Crippen molar-refractivity contribution in [3.63, 3.8) is 0 Å². The predicted octanol–water partition coefficient (Wildman–Crippen LogP) is 4.10. The number of amides is 1. The molecule has 31 heavy (non-hydrogen) atoms. The summed E-state index contributed by atoms with van der Waals surface area (Å²) in [4.78, 5) is 16.3. The molecule has 1 fully saturated rings. The lowest BCUT2D eigenvalue weighted by Gasteiger charge is -2.32. The Kier molecular flexibility index (Phi) is 8.59. The number of aromatic nitrogens is 1. The van der Waals surface area contributed by atoms with Crippen molar-refractivity contribution in [2.24, 2.45) is 0 Å². The summed E-state index contributed by atoms with van der Waals surface area (Å²) in [7, 11) is 0. The molecule has 1 aliphatic heterocycles. The third-order valence-corrected chi connectivity index (χ3v) is 5.59. The number of pyridine rings is 1. The molecule has 1 aromatic heterocycles. The Hall–Kier alpha value is -2.73. The highest BCUT2D eigenvalue weighted by atomic mass is 35.5. The van der Waals surface area contributed by atoms with Crippen molar-refractivity contribution in [3.8, 4) is 0 Å². The van der Waals surface area contributed by atoms with E-state index >= 15 is 0 Å². The summed E-state index contributed by atoms with van der Waals surface area (Å²) in [6.45, 7) is 2.84. The normalized spacial score (nSPS) is 18.1. The number of halogens is 1. The van der Waals surface area contributed by atoms with Crippen LogP contribution in [0.3, 0.4) is 0 Å². The summed E-state index contributed by atoms with van der Waals surface area (Å²) in [5, 5.41) is 6.44. The number of nitrogens with one attached hydrogen (secondary N) is 2. The number of hydrogen-bond acceptors (Lipinski definition) is 4. The number of ether oxygens (including phenoxy) is 1. The molecule has 0 aliphatic carbocycles. The Morgan fingerprint density at radius 1 is 1.03 bits per heavy atom. The van der Waals surface area contributed by atoms with Crippen LogP contribution in [0, 0.1) is 0 Å². The third kappa shape index (κ3) is 6.14. The van der Waals surface area contributed by atoms with Gasteiger partial charge in [0.15, 0.2) is 0 Å². The van der Waals surface area contributed by atoms with Crippen molar-refractivity contribution in [2.45, 2.75) is 31.6 Å². The lowest BCUT2D eigenvalue weighted by atomic mass is 9.88. The molecule has 2 unspecified atom stereocenters. The molecular weight excluding hydrogens is 410 g/mol. The molecule has 4 rings (SSSR count). The molecule has 1 saturated heterocycles. The predicted molar refractivity (Wildman–Crippen MR) is 124 cm³/mol. The molecule has 0 saturated carbocycles. The Labute approximate surface area is 189 Å². The summed E-state index contributed by atoms with van der Waals surface area (Å²) in [6.07, 6.45) is 4.42. The minimum Gasteiger partial charge on any atom is -0.372 e. The van der Waals surface area contributed by atoms with E-state index in [4.69, 9.17) is 4.74 Å². The first-order chi connectivity index (χ1) is 14.8. The van der Waals surface area contributed by atoms with Crippen LogP contribution < -0.4 is 10.6 Å². The molecule has 0 spiro atoms. The van der Waals surface area contributed by atoms with Gasteiger partial charge >= 0.3 is 0 Å². The van der Waals surface area contributed by atoms with E-state index in [0.717, 1.165) is 30.6 Å². The van der Waals surface area contributed by atoms with Crippen LogP contribution in [-0.4, -0.2) is 30.1 Å². The van der Waals surface area contributed by atoms with Gasteiger partial charge in [0.05, 0.1) is 18.3 Å². The molecule has 3 aromatic rings. The van der Waals surface area contributed by atoms with Gasteiger partial charge in [0.1, 0.15) is 0 Å². The molecular formula is C25H28ClN3O2. The molecule has 0 radical (unpaired) electrons. The van der Waals surface area contributed by atoms with Gasteiger partial charge in [0.25, 0.3) is 5.91 Å².